The molecule has 4 nitrogen and oxygen atoms in total. The molecule has 113 heavy (non-hydrogen) atoms. The van der Waals surface area contributed by atoms with Crippen LogP contribution in [0.3, 0.4) is 0 Å². The molecular weight excluding hydrogens is 1360 g/mol. The zero-order valence-electron chi connectivity index (χ0n) is 66.5. The fraction of sp³-hybridized carbons (Fsp3) is 0.148. The van der Waals surface area contributed by atoms with E-state index in [2.05, 4.69) is 424 Å². The van der Waals surface area contributed by atoms with Crippen LogP contribution >= 0.6 is 0 Å². The van der Waals surface area contributed by atoms with Gasteiger partial charge in [-0.1, -0.05) is 344 Å². The Labute approximate surface area is 663 Å². The van der Waals surface area contributed by atoms with Crippen molar-refractivity contribution >= 4 is 133 Å². The summed E-state index contributed by atoms with van der Waals surface area (Å²) < 4.78 is 5.12. The van der Waals surface area contributed by atoms with Crippen molar-refractivity contribution in [3.63, 3.8) is 0 Å². The third-order valence-electron chi connectivity index (χ3n) is 25.0. The number of fused-ring (bicyclic) bond motifs is 8. The first-order valence-electron chi connectivity index (χ1n) is 40.3. The summed E-state index contributed by atoms with van der Waals surface area (Å²) in [5, 5.41) is 12.8. The van der Waals surface area contributed by atoms with E-state index in [1.54, 1.807) is 0 Å². The van der Waals surface area contributed by atoms with E-state index in [9.17, 15) is 0 Å². The van der Waals surface area contributed by atoms with Crippen LogP contribution in [0, 0.1) is 0 Å². The molecule has 0 unspecified atom stereocenters. The van der Waals surface area contributed by atoms with E-state index < -0.39 is 0 Å². The maximum absolute atomic E-state index is 2.76. The van der Waals surface area contributed by atoms with E-state index in [0.717, 1.165) is 90.0 Å². The molecule has 0 N–H and O–H groups in total. The van der Waals surface area contributed by atoms with Crippen molar-refractivity contribution in [2.24, 2.45) is 0 Å². The quantitative estimate of drug-likeness (QED) is 0.0813. The topological polar surface area (TPSA) is 16.3 Å². The number of para-hydroxylation sites is 4. The predicted molar refractivity (Wildman–Crippen MR) is 486 cm³/mol. The normalized spacial score (nSPS) is 13.3. The Hall–Kier alpha value is -12.7. The van der Waals surface area contributed by atoms with Gasteiger partial charge in [0.25, 0.3) is 6.71 Å². The average molecular weight is 1450 g/mol. The van der Waals surface area contributed by atoms with Crippen LogP contribution in [0.25, 0.3) is 143 Å². The molecule has 19 aromatic rings. The third kappa shape index (κ3) is 10.6. The van der Waals surface area contributed by atoms with Crippen LogP contribution in [0.15, 0.2) is 322 Å². The van der Waals surface area contributed by atoms with Gasteiger partial charge in [-0.15, -0.1) is 0 Å². The summed E-state index contributed by atoms with van der Waals surface area (Å²) in [7, 11) is 0. The van der Waals surface area contributed by atoms with Gasteiger partial charge in [-0.3, -0.25) is 0 Å². The van der Waals surface area contributed by atoms with Crippen molar-refractivity contribution in [3.8, 4) is 67.0 Å². The minimum absolute atomic E-state index is 0.154. The van der Waals surface area contributed by atoms with Gasteiger partial charge in [-0.2, -0.15) is 0 Å². The molecule has 2 aromatic heterocycles. The summed E-state index contributed by atoms with van der Waals surface area (Å²) in [6.45, 7) is 28.1. The van der Waals surface area contributed by atoms with Gasteiger partial charge in [0, 0.05) is 77.9 Å². The molecule has 21 rings (SSSR count). The Morgan fingerprint density at radius 3 is 0.973 bits per heavy atom. The Balaban J connectivity index is 0.950. The van der Waals surface area contributed by atoms with Crippen LogP contribution in [0.5, 0.6) is 0 Å². The lowest BCUT2D eigenvalue weighted by atomic mass is 9.33. The molecule has 2 aliphatic rings. The number of hydrogen-bond acceptors (Lipinski definition) is 2. The smallest absolute Gasteiger partial charge is 0.252 e. The van der Waals surface area contributed by atoms with E-state index in [0.29, 0.717) is 0 Å². The zero-order chi connectivity index (χ0) is 76.9. The molecule has 0 fully saturated rings. The highest BCUT2D eigenvalue weighted by Crippen LogP contribution is 2.56. The van der Waals surface area contributed by atoms with Crippen LogP contribution < -0.4 is 26.2 Å². The second-order valence-corrected chi connectivity index (χ2v) is 36.0. The molecule has 2 aliphatic heterocycles. The number of hydrogen-bond donors (Lipinski definition) is 0. The minimum atomic E-state index is -0.282. The molecule has 0 bridgehead atoms. The molecule has 0 saturated carbocycles. The summed E-state index contributed by atoms with van der Waals surface area (Å²) >= 11 is 0. The van der Waals surface area contributed by atoms with Gasteiger partial charge in [0.15, 0.2) is 0 Å². The number of rotatable bonds is 9. The Bertz CT molecular complexity index is 6870. The van der Waals surface area contributed by atoms with Gasteiger partial charge in [-0.25, -0.2) is 0 Å². The van der Waals surface area contributed by atoms with Crippen LogP contribution in [0.4, 0.5) is 34.1 Å². The Morgan fingerprint density at radius 1 is 0.230 bits per heavy atom. The van der Waals surface area contributed by atoms with E-state index in [-0.39, 0.29) is 28.4 Å². The van der Waals surface area contributed by atoms with Gasteiger partial charge in [0.05, 0.1) is 33.4 Å². The molecule has 0 spiro atoms. The van der Waals surface area contributed by atoms with Gasteiger partial charge in [0.1, 0.15) is 0 Å². The Morgan fingerprint density at radius 2 is 0.575 bits per heavy atom. The van der Waals surface area contributed by atoms with Crippen molar-refractivity contribution in [3.05, 3.63) is 344 Å². The van der Waals surface area contributed by atoms with Crippen molar-refractivity contribution in [1.29, 1.82) is 0 Å². The average Bonchev–Trinajstić information content (AvgIpc) is 1.67. The maximum Gasteiger partial charge on any atom is 0.252 e. The molecule has 17 aromatic carbocycles. The lowest BCUT2D eigenvalue weighted by Gasteiger charge is -2.46. The van der Waals surface area contributed by atoms with Gasteiger partial charge in [0.2, 0.25) is 0 Å². The van der Waals surface area contributed by atoms with Crippen LogP contribution in [0.1, 0.15) is 105 Å². The number of aromatic nitrogens is 2. The molecule has 0 atom stereocenters. The highest BCUT2D eigenvalue weighted by molar-refractivity contribution is 7.00. The fourth-order valence-electron chi connectivity index (χ4n) is 19.2. The lowest BCUT2D eigenvalue weighted by molar-refractivity contribution is 0.568. The van der Waals surface area contributed by atoms with Crippen LogP contribution in [0.2, 0.25) is 0 Å². The summed E-state index contributed by atoms with van der Waals surface area (Å²) in [6, 6.07) is 124. The molecule has 0 saturated heterocycles. The summed E-state index contributed by atoms with van der Waals surface area (Å²) in [5.41, 5.74) is 33.5. The van der Waals surface area contributed by atoms with E-state index in [4.69, 9.17) is 0 Å². The molecule has 0 aliphatic carbocycles. The highest BCUT2D eigenvalue weighted by Gasteiger charge is 2.46. The van der Waals surface area contributed by atoms with Crippen molar-refractivity contribution in [2.45, 2.75) is 105 Å². The highest BCUT2D eigenvalue weighted by atomic mass is 15.2. The fourth-order valence-corrected chi connectivity index (χ4v) is 19.2. The monoisotopic (exact) mass is 1450 g/mol. The van der Waals surface area contributed by atoms with Crippen LogP contribution in [-0.2, 0) is 21.7 Å². The first-order valence-corrected chi connectivity index (χ1v) is 40.3. The molecule has 0 radical (unpaired) electrons. The number of nitrogens with zero attached hydrogens (tertiary/aromatic N) is 4. The molecular formula is C108H89BN4. The van der Waals surface area contributed by atoms with Crippen molar-refractivity contribution < 1.29 is 0 Å². The second-order valence-electron chi connectivity index (χ2n) is 36.0. The molecule has 5 heteroatoms. The first kappa shape index (κ1) is 68.3. The predicted octanol–water partition coefficient (Wildman–Crippen LogP) is 27.8. The first-order chi connectivity index (χ1) is 54.6. The number of anilines is 6. The summed E-state index contributed by atoms with van der Waals surface area (Å²) in [5.74, 6) is 0. The second kappa shape index (κ2) is 24.9. The van der Waals surface area contributed by atoms with Crippen molar-refractivity contribution in [1.82, 2.24) is 9.13 Å². The van der Waals surface area contributed by atoms with Crippen LogP contribution in [-0.4, -0.2) is 15.8 Å². The summed E-state index contributed by atoms with van der Waals surface area (Å²) in [6.07, 6.45) is 0. The molecule has 4 heterocycles. The molecule has 544 valence electrons. The van der Waals surface area contributed by atoms with E-state index in [1.807, 2.05) is 0 Å². The summed E-state index contributed by atoms with van der Waals surface area (Å²) in [4.78, 5) is 5.50. The largest absolute Gasteiger partial charge is 0.310 e. The zero-order valence-corrected chi connectivity index (χ0v) is 66.5. The van der Waals surface area contributed by atoms with E-state index >= 15 is 0 Å². The Kier molecular flexibility index (Phi) is 15.1. The van der Waals surface area contributed by atoms with Gasteiger partial charge in [-0.05, 0) is 187 Å². The van der Waals surface area contributed by atoms with Crippen molar-refractivity contribution in [2.75, 3.05) is 9.80 Å². The third-order valence-corrected chi connectivity index (χ3v) is 25.0. The maximum atomic E-state index is 2.76. The van der Waals surface area contributed by atoms with Gasteiger partial charge < -0.3 is 18.9 Å². The molecule has 0 amide bonds. The SMILES string of the molecule is CC(C)(C)c1cc(-c2cccc(-c3ccccc3)c2N2c3cc(-n4c5ccccc5c5ccccc54)ccc3B3c4ccc(-n5c6ccc7cccc8c9cccc%10ccc5c(c%109)c6c78)cc4N(c4c(-c5ccccc5)cccc4-c4cc(C(C)(C)C)cc(C(C)(C)C)c4)c4cc(-c5ccccc5)cc2c43)cc(C(C)(C)C)c1. The lowest BCUT2D eigenvalue weighted by Crippen LogP contribution is -2.61. The van der Waals surface area contributed by atoms with Gasteiger partial charge >= 0.3 is 0 Å². The number of benzene rings is 17. The standard InChI is InChI=1S/C108H89BN4/c1-105(2,3)74-56-72(57-75(62-74)106(4,5)6)82-42-28-40-80(67-32-18-14-19-33-67)103(82)112-94-64-78(110-90-46-24-22-38-84(90)85-39-23-25-47-91(85)110)50-52-88(94)109-89-53-51-79(111-92-54-48-69-36-26-44-86-87-45-27-37-70-49-55-93(111)101(99(70)87)100(92)98(69)86)65-95(89)113(97-61-71(60-96(112)102(97)109)66-30-16-13-17-31-66)104-81(68-34-20-15-21-35-68)41-29-43-83(104)73-58-76(107(7,8)9)63-77(59-73)108(10,11)12/h13-65H,1-12H3. The van der Waals surface area contributed by atoms with E-state index in [1.165, 1.54) is 126 Å². The minimum Gasteiger partial charge on any atom is -0.310 e.